The van der Waals surface area contributed by atoms with Gasteiger partial charge in [0.05, 0.1) is 11.1 Å². The van der Waals surface area contributed by atoms with Gasteiger partial charge in [-0.05, 0) is 56.7 Å². The van der Waals surface area contributed by atoms with E-state index < -0.39 is 24.4 Å². The summed E-state index contributed by atoms with van der Waals surface area (Å²) in [4.78, 5) is 37.4. The number of anilines is 1. The molecule has 1 aliphatic carbocycles. The number of nitrogens with two attached hydrogens (primary N) is 1. The van der Waals surface area contributed by atoms with Crippen LogP contribution in [0.5, 0.6) is 0 Å². The van der Waals surface area contributed by atoms with Crippen LogP contribution in [0, 0.1) is 13.8 Å². The third-order valence-electron chi connectivity index (χ3n) is 4.62. The Balaban J connectivity index is 1.68. The number of aryl methyl sites for hydroxylation is 3. The van der Waals surface area contributed by atoms with E-state index in [1.807, 2.05) is 26.0 Å². The zero-order valence-electron chi connectivity index (χ0n) is 15.4. The SMILES string of the molecule is Cc1ccc(C)c(C(=O)OCC(=O)Nc2sc3c(c2C(N)=O)CCCC3)c1. The van der Waals surface area contributed by atoms with Crippen LogP contribution >= 0.6 is 11.3 Å². The van der Waals surface area contributed by atoms with Gasteiger partial charge in [-0.1, -0.05) is 17.7 Å². The first-order valence-electron chi connectivity index (χ1n) is 8.85. The average molecular weight is 386 g/mol. The number of fused-ring (bicyclic) bond motifs is 1. The van der Waals surface area contributed by atoms with Gasteiger partial charge in [-0.3, -0.25) is 9.59 Å². The van der Waals surface area contributed by atoms with Gasteiger partial charge in [-0.25, -0.2) is 4.79 Å². The second kappa shape index (κ2) is 7.92. The highest BCUT2D eigenvalue weighted by atomic mass is 32.1. The third-order valence-corrected chi connectivity index (χ3v) is 5.83. The van der Waals surface area contributed by atoms with Crippen molar-refractivity contribution in [1.29, 1.82) is 0 Å². The summed E-state index contributed by atoms with van der Waals surface area (Å²) in [5.74, 6) is -1.58. The Morgan fingerprint density at radius 1 is 1.19 bits per heavy atom. The molecule has 27 heavy (non-hydrogen) atoms. The predicted octanol–water partition coefficient (Wildman–Crippen LogP) is 3.14. The molecule has 2 aromatic rings. The molecule has 7 heteroatoms. The van der Waals surface area contributed by atoms with E-state index in [-0.39, 0.29) is 0 Å². The molecule has 1 heterocycles. The number of ether oxygens (including phenoxy) is 1. The number of primary amides is 1. The first-order valence-corrected chi connectivity index (χ1v) is 9.67. The molecular weight excluding hydrogens is 364 g/mol. The summed E-state index contributed by atoms with van der Waals surface area (Å²) < 4.78 is 5.14. The summed E-state index contributed by atoms with van der Waals surface area (Å²) in [7, 11) is 0. The molecule has 0 fully saturated rings. The Labute approximate surface area is 161 Å². The topological polar surface area (TPSA) is 98.5 Å². The minimum atomic E-state index is -0.549. The van der Waals surface area contributed by atoms with Gasteiger partial charge in [-0.2, -0.15) is 0 Å². The lowest BCUT2D eigenvalue weighted by Crippen LogP contribution is -2.23. The van der Waals surface area contributed by atoms with E-state index in [2.05, 4.69) is 5.32 Å². The lowest BCUT2D eigenvalue weighted by atomic mass is 9.95. The van der Waals surface area contributed by atoms with E-state index in [4.69, 9.17) is 10.5 Å². The lowest BCUT2D eigenvalue weighted by molar-refractivity contribution is -0.119. The summed E-state index contributed by atoms with van der Waals surface area (Å²) in [6.07, 6.45) is 3.75. The molecule has 0 unspecified atom stereocenters. The van der Waals surface area contributed by atoms with E-state index in [1.54, 1.807) is 6.07 Å². The number of thiophene rings is 1. The van der Waals surface area contributed by atoms with Crippen LogP contribution in [0.15, 0.2) is 18.2 Å². The van der Waals surface area contributed by atoms with Crippen molar-refractivity contribution in [3.63, 3.8) is 0 Å². The van der Waals surface area contributed by atoms with Gasteiger partial charge in [0.15, 0.2) is 6.61 Å². The van der Waals surface area contributed by atoms with Crippen LogP contribution in [0.3, 0.4) is 0 Å². The average Bonchev–Trinajstić information content (AvgIpc) is 2.99. The summed E-state index contributed by atoms with van der Waals surface area (Å²) in [6.45, 7) is 3.27. The fourth-order valence-electron chi connectivity index (χ4n) is 3.24. The Bertz CT molecular complexity index is 917. The fourth-order valence-corrected chi connectivity index (χ4v) is 4.55. The number of amides is 2. The number of nitrogens with one attached hydrogen (secondary N) is 1. The van der Waals surface area contributed by atoms with Crippen LogP contribution in [0.1, 0.15) is 55.1 Å². The molecule has 6 nitrogen and oxygen atoms in total. The summed E-state index contributed by atoms with van der Waals surface area (Å²) in [5.41, 5.74) is 9.02. The molecule has 1 aliphatic rings. The van der Waals surface area contributed by atoms with Crippen molar-refractivity contribution in [3.05, 3.63) is 50.9 Å². The van der Waals surface area contributed by atoms with Crippen molar-refractivity contribution in [2.75, 3.05) is 11.9 Å². The van der Waals surface area contributed by atoms with E-state index in [0.29, 0.717) is 16.1 Å². The highest BCUT2D eigenvalue weighted by Gasteiger charge is 2.25. The van der Waals surface area contributed by atoms with Gasteiger partial charge >= 0.3 is 5.97 Å². The summed E-state index contributed by atoms with van der Waals surface area (Å²) >= 11 is 1.38. The van der Waals surface area contributed by atoms with Gasteiger partial charge in [0.2, 0.25) is 0 Å². The number of benzene rings is 1. The Hall–Kier alpha value is -2.67. The van der Waals surface area contributed by atoms with Crippen molar-refractivity contribution >= 4 is 34.1 Å². The first-order chi connectivity index (χ1) is 12.9. The maximum absolute atomic E-state index is 12.3. The molecular formula is C20H22N2O4S. The van der Waals surface area contributed by atoms with Crippen LogP contribution in [0.25, 0.3) is 0 Å². The largest absolute Gasteiger partial charge is 0.452 e. The predicted molar refractivity (Wildman–Crippen MR) is 104 cm³/mol. The molecule has 0 spiro atoms. The number of esters is 1. The maximum Gasteiger partial charge on any atom is 0.338 e. The number of carbonyl (C=O) groups is 3. The van der Waals surface area contributed by atoms with Gasteiger partial charge in [-0.15, -0.1) is 11.3 Å². The second-order valence-corrected chi connectivity index (χ2v) is 7.83. The Morgan fingerprint density at radius 2 is 1.93 bits per heavy atom. The molecule has 3 N–H and O–H groups in total. The normalized spacial score (nSPS) is 13.0. The molecule has 0 radical (unpaired) electrons. The van der Waals surface area contributed by atoms with Crippen LogP contribution in [-0.2, 0) is 22.4 Å². The Morgan fingerprint density at radius 3 is 2.67 bits per heavy atom. The smallest absolute Gasteiger partial charge is 0.338 e. The standard InChI is InChI=1S/C20H22N2O4S/c1-11-7-8-12(2)14(9-11)20(25)26-10-16(23)22-19-17(18(21)24)13-5-3-4-6-15(13)27-19/h7-9H,3-6,10H2,1-2H3,(H2,21,24)(H,22,23). The molecule has 142 valence electrons. The van der Waals surface area contributed by atoms with Crippen molar-refractivity contribution in [1.82, 2.24) is 0 Å². The molecule has 0 saturated carbocycles. The van der Waals surface area contributed by atoms with Crippen molar-refractivity contribution in [3.8, 4) is 0 Å². The summed E-state index contributed by atoms with van der Waals surface area (Å²) in [5, 5.41) is 3.13. The van der Waals surface area contributed by atoms with Gasteiger partial charge < -0.3 is 15.8 Å². The highest BCUT2D eigenvalue weighted by molar-refractivity contribution is 7.17. The third kappa shape index (κ3) is 4.19. The van der Waals surface area contributed by atoms with Gasteiger partial charge in [0.25, 0.3) is 11.8 Å². The number of carbonyl (C=O) groups excluding carboxylic acids is 3. The van der Waals surface area contributed by atoms with Crippen molar-refractivity contribution in [2.45, 2.75) is 39.5 Å². The summed E-state index contributed by atoms with van der Waals surface area (Å²) in [6, 6.07) is 5.47. The number of hydrogen-bond acceptors (Lipinski definition) is 5. The second-order valence-electron chi connectivity index (χ2n) is 6.72. The van der Waals surface area contributed by atoms with E-state index in [0.717, 1.165) is 47.3 Å². The van der Waals surface area contributed by atoms with Gasteiger partial charge in [0, 0.05) is 4.88 Å². The lowest BCUT2D eigenvalue weighted by Gasteiger charge is -2.11. The van der Waals surface area contributed by atoms with E-state index in [9.17, 15) is 14.4 Å². The molecule has 2 amide bonds. The molecule has 0 atom stereocenters. The molecule has 0 aliphatic heterocycles. The van der Waals surface area contributed by atoms with Crippen LogP contribution in [-0.4, -0.2) is 24.4 Å². The van der Waals surface area contributed by atoms with Crippen LogP contribution in [0.4, 0.5) is 5.00 Å². The minimum absolute atomic E-state index is 0.393. The molecule has 0 saturated heterocycles. The first kappa shape index (κ1) is 19.1. The van der Waals surface area contributed by atoms with Crippen molar-refractivity contribution in [2.24, 2.45) is 5.73 Å². The molecule has 3 rings (SSSR count). The zero-order chi connectivity index (χ0) is 19.6. The van der Waals surface area contributed by atoms with Gasteiger partial charge in [0.1, 0.15) is 5.00 Å². The molecule has 1 aromatic carbocycles. The van der Waals surface area contributed by atoms with E-state index >= 15 is 0 Å². The minimum Gasteiger partial charge on any atom is -0.452 e. The Kier molecular flexibility index (Phi) is 5.60. The maximum atomic E-state index is 12.3. The van der Waals surface area contributed by atoms with Crippen LogP contribution < -0.4 is 11.1 Å². The monoisotopic (exact) mass is 386 g/mol. The molecule has 1 aromatic heterocycles. The number of rotatable bonds is 5. The fraction of sp³-hybridized carbons (Fsp3) is 0.350. The zero-order valence-corrected chi connectivity index (χ0v) is 16.2. The van der Waals surface area contributed by atoms with Crippen molar-refractivity contribution < 1.29 is 19.1 Å². The number of hydrogen-bond donors (Lipinski definition) is 2. The molecule has 0 bridgehead atoms. The van der Waals surface area contributed by atoms with Crippen LogP contribution in [0.2, 0.25) is 0 Å². The van der Waals surface area contributed by atoms with E-state index in [1.165, 1.54) is 11.3 Å². The highest BCUT2D eigenvalue weighted by Crippen LogP contribution is 2.37. The quantitative estimate of drug-likeness (QED) is 0.771.